The van der Waals surface area contributed by atoms with Crippen LogP contribution in [0, 0.1) is 0 Å². The minimum Gasteiger partial charge on any atom is -0.348 e. The molecule has 13 heavy (non-hydrogen) atoms. The molecule has 2 atom stereocenters. The van der Waals surface area contributed by atoms with E-state index in [1.54, 1.807) is 11.3 Å². The molecular formula is C9H12BrNOS. The molecule has 0 aliphatic heterocycles. The first-order valence-corrected chi connectivity index (χ1v) is 5.88. The van der Waals surface area contributed by atoms with Crippen LogP contribution in [-0.2, 0) is 4.79 Å². The molecule has 1 aromatic heterocycles. The molecule has 0 aliphatic rings. The van der Waals surface area contributed by atoms with E-state index in [1.165, 1.54) is 4.88 Å². The zero-order valence-electron chi connectivity index (χ0n) is 7.58. The third-order valence-corrected chi connectivity index (χ3v) is 3.16. The Kier molecular flexibility index (Phi) is 3.93. The lowest BCUT2D eigenvalue weighted by atomic mass is 10.2. The molecule has 1 heterocycles. The van der Waals surface area contributed by atoms with Crippen molar-refractivity contribution in [2.45, 2.75) is 24.7 Å². The van der Waals surface area contributed by atoms with E-state index in [0.29, 0.717) is 0 Å². The van der Waals surface area contributed by atoms with E-state index in [0.717, 1.165) is 0 Å². The zero-order chi connectivity index (χ0) is 9.84. The first kappa shape index (κ1) is 10.7. The number of halogens is 1. The summed E-state index contributed by atoms with van der Waals surface area (Å²) >= 11 is 4.88. The predicted octanol–water partition coefficient (Wildman–Crippen LogP) is 2.71. The Balaban J connectivity index is 2.51. The van der Waals surface area contributed by atoms with Crippen LogP contribution in [0.4, 0.5) is 0 Å². The van der Waals surface area contributed by atoms with E-state index in [4.69, 9.17) is 0 Å². The van der Waals surface area contributed by atoms with E-state index >= 15 is 0 Å². The maximum Gasteiger partial charge on any atom is 0.233 e. The number of hydrogen-bond donors (Lipinski definition) is 1. The van der Waals surface area contributed by atoms with Gasteiger partial charge < -0.3 is 5.32 Å². The van der Waals surface area contributed by atoms with Gasteiger partial charge in [0.15, 0.2) is 0 Å². The Morgan fingerprint density at radius 1 is 1.62 bits per heavy atom. The van der Waals surface area contributed by atoms with Crippen molar-refractivity contribution in [2.75, 3.05) is 0 Å². The maximum atomic E-state index is 11.3. The van der Waals surface area contributed by atoms with Crippen LogP contribution in [-0.4, -0.2) is 10.7 Å². The summed E-state index contributed by atoms with van der Waals surface area (Å²) in [4.78, 5) is 12.3. The van der Waals surface area contributed by atoms with Crippen LogP contribution >= 0.6 is 27.3 Å². The van der Waals surface area contributed by atoms with Crippen LogP contribution < -0.4 is 5.32 Å². The highest BCUT2D eigenvalue weighted by molar-refractivity contribution is 9.10. The lowest BCUT2D eigenvalue weighted by molar-refractivity contribution is -0.120. The second kappa shape index (κ2) is 4.77. The quantitative estimate of drug-likeness (QED) is 0.834. The number of rotatable bonds is 3. The number of nitrogens with one attached hydrogen (secondary N) is 1. The molecular weight excluding hydrogens is 250 g/mol. The molecule has 0 spiro atoms. The molecule has 1 aromatic rings. The van der Waals surface area contributed by atoms with E-state index in [9.17, 15) is 4.79 Å². The molecule has 72 valence electrons. The van der Waals surface area contributed by atoms with Crippen molar-refractivity contribution < 1.29 is 4.79 Å². The molecule has 1 rings (SSSR count). The monoisotopic (exact) mass is 261 g/mol. The molecule has 2 nitrogen and oxygen atoms in total. The van der Waals surface area contributed by atoms with Crippen LogP contribution in [0.15, 0.2) is 17.5 Å². The van der Waals surface area contributed by atoms with Crippen LogP contribution in [0.5, 0.6) is 0 Å². The summed E-state index contributed by atoms with van der Waals surface area (Å²) in [7, 11) is 0. The van der Waals surface area contributed by atoms with Gasteiger partial charge in [-0.05, 0) is 25.3 Å². The van der Waals surface area contributed by atoms with Gasteiger partial charge >= 0.3 is 0 Å². The molecule has 0 radical (unpaired) electrons. The molecule has 0 aliphatic carbocycles. The predicted molar refractivity (Wildman–Crippen MR) is 59.3 cm³/mol. The molecule has 1 amide bonds. The molecule has 4 heteroatoms. The Labute approximate surface area is 90.5 Å². The van der Waals surface area contributed by atoms with Gasteiger partial charge in [0.2, 0.25) is 5.91 Å². The summed E-state index contributed by atoms with van der Waals surface area (Å²) in [5.41, 5.74) is 0. The van der Waals surface area contributed by atoms with Gasteiger partial charge in [-0.2, -0.15) is 0 Å². The van der Waals surface area contributed by atoms with E-state index in [-0.39, 0.29) is 16.8 Å². The van der Waals surface area contributed by atoms with E-state index < -0.39 is 0 Å². The van der Waals surface area contributed by atoms with Gasteiger partial charge in [0.25, 0.3) is 0 Å². The summed E-state index contributed by atoms with van der Waals surface area (Å²) in [6.07, 6.45) is 0. The second-order valence-corrected chi connectivity index (χ2v) is 5.21. The number of amides is 1. The Morgan fingerprint density at radius 3 is 2.77 bits per heavy atom. The molecule has 0 bridgehead atoms. The third-order valence-electron chi connectivity index (χ3n) is 1.69. The summed E-state index contributed by atoms with van der Waals surface area (Å²) in [5, 5.41) is 4.92. The molecule has 0 fully saturated rings. The molecule has 1 unspecified atom stereocenters. The Morgan fingerprint density at radius 2 is 2.31 bits per heavy atom. The number of thiophene rings is 1. The SMILES string of the molecule is CC(Br)C(=O)N[C@@H](C)c1cccs1. The van der Waals surface area contributed by atoms with Crippen LogP contribution in [0.25, 0.3) is 0 Å². The highest BCUT2D eigenvalue weighted by atomic mass is 79.9. The Bertz CT molecular complexity index is 271. The van der Waals surface area contributed by atoms with Gasteiger partial charge in [-0.3, -0.25) is 4.79 Å². The lowest BCUT2D eigenvalue weighted by Crippen LogP contribution is -2.31. The number of alkyl halides is 1. The first-order chi connectivity index (χ1) is 6.11. The van der Waals surface area contributed by atoms with Gasteiger partial charge in [-0.15, -0.1) is 11.3 Å². The minimum atomic E-state index is -0.130. The zero-order valence-corrected chi connectivity index (χ0v) is 9.98. The lowest BCUT2D eigenvalue weighted by Gasteiger charge is -2.12. The normalized spacial score (nSPS) is 15.0. The van der Waals surface area contributed by atoms with Crippen molar-refractivity contribution in [3.05, 3.63) is 22.4 Å². The molecule has 0 aromatic carbocycles. The highest BCUT2D eigenvalue weighted by Gasteiger charge is 2.13. The highest BCUT2D eigenvalue weighted by Crippen LogP contribution is 2.18. The molecule has 1 N–H and O–H groups in total. The fourth-order valence-corrected chi connectivity index (χ4v) is 1.80. The van der Waals surface area contributed by atoms with Crippen LogP contribution in [0.3, 0.4) is 0 Å². The molecule has 0 saturated heterocycles. The van der Waals surface area contributed by atoms with E-state index in [1.807, 2.05) is 31.4 Å². The van der Waals surface area contributed by atoms with Crippen molar-refractivity contribution >= 4 is 33.2 Å². The summed E-state index contributed by atoms with van der Waals surface area (Å²) in [6, 6.07) is 4.11. The fourth-order valence-electron chi connectivity index (χ4n) is 0.937. The van der Waals surface area contributed by atoms with Gasteiger partial charge in [-0.25, -0.2) is 0 Å². The van der Waals surface area contributed by atoms with Crippen molar-refractivity contribution in [1.29, 1.82) is 0 Å². The van der Waals surface area contributed by atoms with E-state index in [2.05, 4.69) is 21.2 Å². The molecule has 0 saturated carbocycles. The van der Waals surface area contributed by atoms with Gasteiger partial charge in [0, 0.05) is 4.88 Å². The van der Waals surface area contributed by atoms with Gasteiger partial charge in [-0.1, -0.05) is 22.0 Å². The largest absolute Gasteiger partial charge is 0.348 e. The van der Waals surface area contributed by atoms with Crippen molar-refractivity contribution in [3.8, 4) is 0 Å². The van der Waals surface area contributed by atoms with Gasteiger partial charge in [0.1, 0.15) is 0 Å². The second-order valence-electron chi connectivity index (χ2n) is 2.86. The van der Waals surface area contributed by atoms with Crippen LogP contribution in [0.2, 0.25) is 0 Å². The summed E-state index contributed by atoms with van der Waals surface area (Å²) in [6.45, 7) is 3.80. The first-order valence-electron chi connectivity index (χ1n) is 4.09. The smallest absolute Gasteiger partial charge is 0.233 e. The third kappa shape index (κ3) is 3.12. The van der Waals surface area contributed by atoms with Crippen molar-refractivity contribution in [3.63, 3.8) is 0 Å². The number of carbonyl (C=O) groups excluding carboxylic acids is 1. The maximum absolute atomic E-state index is 11.3. The van der Waals surface area contributed by atoms with Crippen molar-refractivity contribution in [2.24, 2.45) is 0 Å². The minimum absolute atomic E-state index is 0.0286. The Hall–Kier alpha value is -0.350. The average molecular weight is 262 g/mol. The number of hydrogen-bond acceptors (Lipinski definition) is 2. The topological polar surface area (TPSA) is 29.1 Å². The summed E-state index contributed by atoms with van der Waals surface area (Å²) in [5.74, 6) is 0.0286. The van der Waals surface area contributed by atoms with Crippen molar-refractivity contribution in [1.82, 2.24) is 5.32 Å². The fraction of sp³-hybridized carbons (Fsp3) is 0.444. The average Bonchev–Trinajstić information content (AvgIpc) is 2.55. The number of carbonyl (C=O) groups is 1. The van der Waals surface area contributed by atoms with Gasteiger partial charge in [0.05, 0.1) is 10.9 Å². The standard InChI is InChI=1S/C9H12BrNOS/c1-6(10)9(12)11-7(2)8-4-3-5-13-8/h3-7H,1-2H3,(H,11,12)/t6?,7-/m0/s1. The summed E-state index contributed by atoms with van der Waals surface area (Å²) < 4.78 is 0. The van der Waals surface area contributed by atoms with Crippen LogP contribution in [0.1, 0.15) is 24.8 Å².